The number of halogens is 4. The number of anilines is 3. The van der Waals surface area contributed by atoms with Crippen LogP contribution in [0.5, 0.6) is 0 Å². The summed E-state index contributed by atoms with van der Waals surface area (Å²) in [5.41, 5.74) is -0.203. The van der Waals surface area contributed by atoms with E-state index in [1.54, 1.807) is 6.07 Å². The van der Waals surface area contributed by atoms with Crippen molar-refractivity contribution in [3.63, 3.8) is 0 Å². The summed E-state index contributed by atoms with van der Waals surface area (Å²) >= 11 is 1.95. The van der Waals surface area contributed by atoms with Gasteiger partial charge in [0.05, 0.1) is 16.9 Å². The van der Waals surface area contributed by atoms with Gasteiger partial charge in [0.2, 0.25) is 0 Å². The van der Waals surface area contributed by atoms with Gasteiger partial charge in [0.25, 0.3) is 5.89 Å². The molecule has 0 saturated heterocycles. The average Bonchev–Trinajstić information content (AvgIpc) is 3.20. The number of nitrogens with zero attached hydrogens (tertiary/aromatic N) is 3. The molecule has 6 nitrogen and oxygen atoms in total. The molecule has 0 spiro atoms. The summed E-state index contributed by atoms with van der Waals surface area (Å²) in [7, 11) is 0. The fourth-order valence-corrected chi connectivity index (χ4v) is 3.29. The Morgan fingerprint density at radius 1 is 1.10 bits per heavy atom. The summed E-state index contributed by atoms with van der Waals surface area (Å²) in [6.07, 6.45) is 1.36. The number of aliphatic hydroxyl groups excluding tert-OH is 1. The molecule has 0 aliphatic rings. The average molecular weight is 532 g/mol. The summed E-state index contributed by atoms with van der Waals surface area (Å²) in [5.74, 6) is -2.91. The summed E-state index contributed by atoms with van der Waals surface area (Å²) < 4.78 is 49.1. The molecule has 0 bridgehead atoms. The number of aromatic nitrogens is 2. The topological polar surface area (TPSA) is 74.4 Å². The standard InChI is InChI=1S/C20H20F3IN4O2/c1-2-28(9-3-4-10-29)20-27-26-19(30-20)13-6-7-14(21)17(23)18(13)25-16-8-5-12(24)11-15(16)22/h5-8,11,25,29H,2-4,9-10H2,1H3. The highest BCUT2D eigenvalue weighted by atomic mass is 127. The van der Waals surface area contributed by atoms with Gasteiger partial charge in [-0.25, -0.2) is 13.2 Å². The lowest BCUT2D eigenvalue weighted by Crippen LogP contribution is -2.24. The summed E-state index contributed by atoms with van der Waals surface area (Å²) in [5, 5.41) is 19.5. The quantitative estimate of drug-likeness (QED) is 0.295. The SMILES string of the molecule is CCN(CCCCO)c1nnc(-c2ccc(F)c(F)c2Nc2ccc(I)cc2F)o1. The third-order valence-electron chi connectivity index (χ3n) is 4.42. The Labute approximate surface area is 185 Å². The van der Waals surface area contributed by atoms with Crippen molar-refractivity contribution in [2.45, 2.75) is 19.8 Å². The normalized spacial score (nSPS) is 11.0. The third-order valence-corrected chi connectivity index (χ3v) is 5.09. The van der Waals surface area contributed by atoms with Gasteiger partial charge in [-0.05, 0) is 72.7 Å². The Morgan fingerprint density at radius 2 is 1.90 bits per heavy atom. The Bertz CT molecular complexity index is 1020. The fraction of sp³-hybridized carbons (Fsp3) is 0.300. The van der Waals surface area contributed by atoms with Crippen LogP contribution in [0.25, 0.3) is 11.5 Å². The number of benzene rings is 2. The smallest absolute Gasteiger partial charge is 0.318 e. The minimum Gasteiger partial charge on any atom is -0.403 e. The van der Waals surface area contributed by atoms with Gasteiger partial charge in [0.15, 0.2) is 11.6 Å². The molecule has 1 aromatic heterocycles. The van der Waals surface area contributed by atoms with Crippen LogP contribution >= 0.6 is 22.6 Å². The number of rotatable bonds is 9. The van der Waals surface area contributed by atoms with Crippen molar-refractivity contribution >= 4 is 40.0 Å². The van der Waals surface area contributed by atoms with Crippen LogP contribution in [0.2, 0.25) is 0 Å². The molecule has 0 amide bonds. The largest absolute Gasteiger partial charge is 0.403 e. The molecule has 0 unspecified atom stereocenters. The number of aliphatic hydroxyl groups is 1. The van der Waals surface area contributed by atoms with Gasteiger partial charge in [-0.1, -0.05) is 5.10 Å². The Hall–Kier alpha value is -2.34. The maximum absolute atomic E-state index is 14.6. The summed E-state index contributed by atoms with van der Waals surface area (Å²) in [6, 6.07) is 6.81. The minimum atomic E-state index is -1.18. The van der Waals surface area contributed by atoms with Gasteiger partial charge in [0, 0.05) is 23.3 Å². The van der Waals surface area contributed by atoms with E-state index in [1.807, 2.05) is 34.4 Å². The first-order valence-electron chi connectivity index (χ1n) is 9.34. The maximum atomic E-state index is 14.6. The number of nitrogens with one attached hydrogen (secondary N) is 1. The van der Waals surface area contributed by atoms with E-state index in [4.69, 9.17) is 9.52 Å². The molecule has 2 N–H and O–H groups in total. The van der Waals surface area contributed by atoms with E-state index in [2.05, 4.69) is 15.5 Å². The predicted molar refractivity (Wildman–Crippen MR) is 116 cm³/mol. The second-order valence-corrected chi connectivity index (χ2v) is 7.68. The van der Waals surface area contributed by atoms with Crippen molar-refractivity contribution in [1.29, 1.82) is 0 Å². The van der Waals surface area contributed by atoms with Gasteiger partial charge in [-0.2, -0.15) is 0 Å². The lowest BCUT2D eigenvalue weighted by atomic mass is 10.1. The van der Waals surface area contributed by atoms with E-state index >= 15 is 0 Å². The Balaban J connectivity index is 1.95. The first-order chi connectivity index (χ1) is 14.4. The molecule has 0 atom stereocenters. The van der Waals surface area contributed by atoms with Crippen LogP contribution in [0.1, 0.15) is 19.8 Å². The van der Waals surface area contributed by atoms with Crippen molar-refractivity contribution in [3.8, 4) is 11.5 Å². The molecule has 2 aromatic carbocycles. The van der Waals surface area contributed by atoms with Gasteiger partial charge in [-0.15, -0.1) is 5.10 Å². The van der Waals surface area contributed by atoms with E-state index in [1.165, 1.54) is 18.2 Å². The van der Waals surface area contributed by atoms with Gasteiger partial charge >= 0.3 is 6.01 Å². The van der Waals surface area contributed by atoms with Gasteiger partial charge in [-0.3, -0.25) is 0 Å². The highest BCUT2D eigenvalue weighted by Crippen LogP contribution is 2.35. The second kappa shape index (κ2) is 10.1. The zero-order valence-electron chi connectivity index (χ0n) is 16.1. The molecule has 0 aliphatic heterocycles. The fourth-order valence-electron chi connectivity index (χ4n) is 2.83. The third kappa shape index (κ3) is 5.04. The lowest BCUT2D eigenvalue weighted by Gasteiger charge is -2.17. The van der Waals surface area contributed by atoms with Crippen molar-refractivity contribution in [2.75, 3.05) is 29.9 Å². The van der Waals surface area contributed by atoms with E-state index < -0.39 is 17.5 Å². The molecule has 0 aliphatic carbocycles. The molecular formula is C20H20F3IN4O2. The monoisotopic (exact) mass is 532 g/mol. The number of unbranched alkanes of at least 4 members (excludes halogenated alkanes) is 1. The number of hydrogen-bond acceptors (Lipinski definition) is 6. The lowest BCUT2D eigenvalue weighted by molar-refractivity contribution is 0.284. The van der Waals surface area contributed by atoms with Crippen molar-refractivity contribution in [3.05, 3.63) is 51.4 Å². The molecule has 0 radical (unpaired) electrons. The molecule has 0 saturated carbocycles. The molecule has 3 aromatic rings. The van der Waals surface area contributed by atoms with Gasteiger partial charge < -0.3 is 19.7 Å². The van der Waals surface area contributed by atoms with Crippen LogP contribution in [0.3, 0.4) is 0 Å². The van der Waals surface area contributed by atoms with Crippen molar-refractivity contribution < 1.29 is 22.7 Å². The molecular weight excluding hydrogens is 512 g/mol. The van der Waals surface area contributed by atoms with Crippen LogP contribution in [-0.2, 0) is 0 Å². The number of hydrogen-bond donors (Lipinski definition) is 2. The van der Waals surface area contributed by atoms with Gasteiger partial charge in [0.1, 0.15) is 5.82 Å². The van der Waals surface area contributed by atoms with Crippen LogP contribution in [-0.4, -0.2) is 35.0 Å². The van der Waals surface area contributed by atoms with Crippen molar-refractivity contribution in [2.24, 2.45) is 0 Å². The molecule has 1 heterocycles. The van der Waals surface area contributed by atoms with Crippen molar-refractivity contribution in [1.82, 2.24) is 10.2 Å². The molecule has 30 heavy (non-hydrogen) atoms. The Kier molecular flexibility index (Phi) is 7.53. The summed E-state index contributed by atoms with van der Waals surface area (Å²) in [6.45, 7) is 3.18. The molecule has 160 valence electrons. The summed E-state index contributed by atoms with van der Waals surface area (Å²) in [4.78, 5) is 1.82. The minimum absolute atomic E-state index is 0.0138. The van der Waals surface area contributed by atoms with E-state index in [9.17, 15) is 13.2 Å². The van der Waals surface area contributed by atoms with Crippen LogP contribution in [0, 0.1) is 21.0 Å². The molecule has 10 heteroatoms. The maximum Gasteiger partial charge on any atom is 0.318 e. The second-order valence-electron chi connectivity index (χ2n) is 6.43. The van der Waals surface area contributed by atoms with E-state index in [0.29, 0.717) is 23.1 Å². The van der Waals surface area contributed by atoms with E-state index in [-0.39, 0.29) is 35.5 Å². The predicted octanol–water partition coefficient (Wildman–Crippen LogP) is 5.10. The van der Waals surface area contributed by atoms with Crippen LogP contribution in [0.15, 0.2) is 34.7 Å². The highest BCUT2D eigenvalue weighted by Gasteiger charge is 2.22. The molecule has 3 rings (SSSR count). The Morgan fingerprint density at radius 3 is 2.60 bits per heavy atom. The first kappa shape index (κ1) is 22.3. The van der Waals surface area contributed by atoms with Crippen LogP contribution in [0.4, 0.5) is 30.6 Å². The first-order valence-corrected chi connectivity index (χ1v) is 10.4. The van der Waals surface area contributed by atoms with Crippen LogP contribution < -0.4 is 10.2 Å². The van der Waals surface area contributed by atoms with E-state index in [0.717, 1.165) is 12.5 Å². The highest BCUT2D eigenvalue weighted by molar-refractivity contribution is 14.1. The zero-order valence-corrected chi connectivity index (χ0v) is 18.3. The molecule has 0 fully saturated rings. The zero-order chi connectivity index (χ0) is 21.7.